The monoisotopic (exact) mass is 289 g/mol. The van der Waals surface area contributed by atoms with Gasteiger partial charge in [-0.2, -0.15) is 0 Å². The molecule has 0 bridgehead atoms. The first kappa shape index (κ1) is 16.5. The summed E-state index contributed by atoms with van der Waals surface area (Å²) in [6.45, 7) is 14.2. The molecule has 1 aliphatic heterocycles. The van der Waals surface area contributed by atoms with Crippen LogP contribution in [0.15, 0.2) is 18.2 Å². The fourth-order valence-electron chi connectivity index (χ4n) is 3.53. The Bertz CT molecular complexity index is 448. The highest BCUT2D eigenvalue weighted by Crippen LogP contribution is 2.38. The van der Waals surface area contributed by atoms with Gasteiger partial charge < -0.3 is 10.1 Å². The van der Waals surface area contributed by atoms with Crippen LogP contribution in [-0.2, 0) is 11.2 Å². The highest BCUT2D eigenvalue weighted by molar-refractivity contribution is 5.29. The molecule has 2 unspecified atom stereocenters. The minimum Gasteiger partial charge on any atom is -0.378 e. The average molecular weight is 289 g/mol. The topological polar surface area (TPSA) is 21.3 Å². The predicted molar refractivity (Wildman–Crippen MR) is 89.8 cm³/mol. The van der Waals surface area contributed by atoms with Crippen LogP contribution in [0.4, 0.5) is 0 Å². The third-order valence-corrected chi connectivity index (χ3v) is 4.70. The molecule has 0 amide bonds. The summed E-state index contributed by atoms with van der Waals surface area (Å²) in [4.78, 5) is 0. The molecule has 1 saturated heterocycles. The molecule has 21 heavy (non-hydrogen) atoms. The maximum atomic E-state index is 5.92. The summed E-state index contributed by atoms with van der Waals surface area (Å²) in [5.41, 5.74) is 4.43. The predicted octanol–water partition coefficient (Wildman–Crippen LogP) is 3.89. The van der Waals surface area contributed by atoms with Crippen molar-refractivity contribution in [2.75, 3.05) is 19.7 Å². The van der Waals surface area contributed by atoms with Gasteiger partial charge >= 0.3 is 0 Å². The largest absolute Gasteiger partial charge is 0.378 e. The molecule has 0 saturated carbocycles. The summed E-state index contributed by atoms with van der Waals surface area (Å²) in [5.74, 6) is 0.695. The maximum absolute atomic E-state index is 5.92. The van der Waals surface area contributed by atoms with E-state index in [1.165, 1.54) is 16.7 Å². The van der Waals surface area contributed by atoms with Crippen LogP contribution in [0.3, 0.4) is 0 Å². The number of nitrogens with one attached hydrogen (secondary N) is 1. The van der Waals surface area contributed by atoms with E-state index in [0.29, 0.717) is 12.0 Å². The van der Waals surface area contributed by atoms with Gasteiger partial charge in [-0.15, -0.1) is 0 Å². The first-order valence-corrected chi connectivity index (χ1v) is 8.31. The Morgan fingerprint density at radius 2 is 1.90 bits per heavy atom. The van der Waals surface area contributed by atoms with Crippen molar-refractivity contribution in [2.45, 2.75) is 53.6 Å². The molecule has 1 N–H and O–H groups in total. The van der Waals surface area contributed by atoms with Crippen molar-refractivity contribution in [3.8, 4) is 0 Å². The molecule has 2 rings (SSSR count). The maximum Gasteiger partial charge on any atom is 0.0619 e. The van der Waals surface area contributed by atoms with Crippen LogP contribution in [-0.4, -0.2) is 25.8 Å². The van der Waals surface area contributed by atoms with Gasteiger partial charge in [0.2, 0.25) is 0 Å². The van der Waals surface area contributed by atoms with Crippen molar-refractivity contribution in [1.29, 1.82) is 0 Å². The second kappa shape index (κ2) is 6.93. The summed E-state index contributed by atoms with van der Waals surface area (Å²) in [6, 6.07) is 6.92. The lowest BCUT2D eigenvalue weighted by Gasteiger charge is -2.33. The summed E-state index contributed by atoms with van der Waals surface area (Å²) >= 11 is 0. The van der Waals surface area contributed by atoms with Gasteiger partial charge in [-0.3, -0.25) is 0 Å². The van der Waals surface area contributed by atoms with Crippen LogP contribution in [0.5, 0.6) is 0 Å². The fourth-order valence-corrected chi connectivity index (χ4v) is 3.53. The van der Waals surface area contributed by atoms with Gasteiger partial charge in [-0.25, -0.2) is 0 Å². The molecular formula is C19H31NO. The SMILES string of the molecule is Cc1cc(C)cc(CC2(CNCC(C)C)CCOC2C)c1. The van der Waals surface area contributed by atoms with Crippen LogP contribution in [0.1, 0.15) is 43.9 Å². The number of benzene rings is 1. The Morgan fingerprint density at radius 3 is 2.43 bits per heavy atom. The van der Waals surface area contributed by atoms with Gasteiger partial charge in [-0.1, -0.05) is 43.2 Å². The Morgan fingerprint density at radius 1 is 1.24 bits per heavy atom. The van der Waals surface area contributed by atoms with Crippen LogP contribution in [0.2, 0.25) is 0 Å². The Kier molecular flexibility index (Phi) is 5.45. The second-order valence-corrected chi connectivity index (χ2v) is 7.32. The number of ether oxygens (including phenoxy) is 1. The van der Waals surface area contributed by atoms with Gasteiger partial charge in [0.25, 0.3) is 0 Å². The minimum atomic E-state index is 0.245. The molecule has 0 radical (unpaired) electrons. The van der Waals surface area contributed by atoms with Crippen LogP contribution in [0, 0.1) is 25.2 Å². The van der Waals surface area contributed by atoms with Crippen LogP contribution in [0.25, 0.3) is 0 Å². The molecule has 2 heteroatoms. The summed E-state index contributed by atoms with van der Waals surface area (Å²) < 4.78 is 5.92. The third-order valence-electron chi connectivity index (χ3n) is 4.70. The lowest BCUT2D eigenvalue weighted by molar-refractivity contribution is 0.0627. The van der Waals surface area contributed by atoms with Crippen molar-refractivity contribution in [3.63, 3.8) is 0 Å². The first-order valence-electron chi connectivity index (χ1n) is 8.31. The molecule has 1 aliphatic rings. The van der Waals surface area contributed by atoms with E-state index in [9.17, 15) is 0 Å². The molecular weight excluding hydrogens is 258 g/mol. The number of hydrogen-bond donors (Lipinski definition) is 1. The quantitative estimate of drug-likeness (QED) is 0.858. The van der Waals surface area contributed by atoms with Crippen LogP contribution < -0.4 is 5.32 Å². The molecule has 1 aromatic carbocycles. The van der Waals surface area contributed by atoms with E-state index in [1.807, 2.05) is 0 Å². The Labute approximate surface area is 130 Å². The molecule has 0 spiro atoms. The van der Waals surface area contributed by atoms with Crippen molar-refractivity contribution in [3.05, 3.63) is 34.9 Å². The molecule has 0 aliphatic carbocycles. The normalized spacial score (nSPS) is 25.7. The number of hydrogen-bond acceptors (Lipinski definition) is 2. The van der Waals surface area contributed by atoms with Gasteiger partial charge in [0.05, 0.1) is 6.10 Å². The van der Waals surface area contributed by atoms with E-state index in [1.54, 1.807) is 0 Å². The van der Waals surface area contributed by atoms with Crippen molar-refractivity contribution >= 4 is 0 Å². The molecule has 1 aromatic rings. The molecule has 1 fully saturated rings. The van der Waals surface area contributed by atoms with E-state index in [0.717, 1.165) is 32.5 Å². The molecule has 2 atom stereocenters. The van der Waals surface area contributed by atoms with E-state index in [4.69, 9.17) is 4.74 Å². The fraction of sp³-hybridized carbons (Fsp3) is 0.684. The zero-order valence-electron chi connectivity index (χ0n) is 14.3. The lowest BCUT2D eigenvalue weighted by atomic mass is 9.75. The first-order chi connectivity index (χ1) is 9.91. The number of rotatable bonds is 6. The Hall–Kier alpha value is -0.860. The smallest absolute Gasteiger partial charge is 0.0619 e. The van der Waals surface area contributed by atoms with Gasteiger partial charge in [0, 0.05) is 18.6 Å². The second-order valence-electron chi connectivity index (χ2n) is 7.32. The van der Waals surface area contributed by atoms with E-state index < -0.39 is 0 Å². The van der Waals surface area contributed by atoms with Crippen molar-refractivity contribution < 1.29 is 4.74 Å². The minimum absolute atomic E-state index is 0.245. The zero-order chi connectivity index (χ0) is 15.5. The van der Waals surface area contributed by atoms with Crippen LogP contribution >= 0.6 is 0 Å². The molecule has 2 nitrogen and oxygen atoms in total. The Balaban J connectivity index is 2.12. The lowest BCUT2D eigenvalue weighted by Crippen LogP contribution is -2.42. The van der Waals surface area contributed by atoms with Crippen molar-refractivity contribution in [2.24, 2.45) is 11.3 Å². The van der Waals surface area contributed by atoms with Crippen molar-refractivity contribution in [1.82, 2.24) is 5.32 Å². The summed E-state index contributed by atoms with van der Waals surface area (Å²) in [6.07, 6.45) is 2.60. The van der Waals surface area contributed by atoms with Gasteiger partial charge in [-0.05, 0) is 51.6 Å². The highest BCUT2D eigenvalue weighted by atomic mass is 16.5. The zero-order valence-corrected chi connectivity index (χ0v) is 14.3. The van der Waals surface area contributed by atoms with E-state index in [-0.39, 0.29) is 5.41 Å². The average Bonchev–Trinajstić information content (AvgIpc) is 2.69. The summed E-state index contributed by atoms with van der Waals surface area (Å²) in [5, 5.41) is 3.67. The molecule has 1 heterocycles. The van der Waals surface area contributed by atoms with Gasteiger partial charge in [0.15, 0.2) is 0 Å². The molecule has 0 aromatic heterocycles. The standard InChI is InChI=1S/C19H31NO/c1-14(2)12-20-13-19(6-7-21-17(19)5)11-18-9-15(3)8-16(4)10-18/h8-10,14,17,20H,6-7,11-13H2,1-5H3. The molecule has 118 valence electrons. The number of aryl methyl sites for hydroxylation is 2. The summed E-state index contributed by atoms with van der Waals surface area (Å²) in [7, 11) is 0. The van der Waals surface area contributed by atoms with E-state index in [2.05, 4.69) is 58.1 Å². The van der Waals surface area contributed by atoms with Gasteiger partial charge in [0.1, 0.15) is 0 Å². The third kappa shape index (κ3) is 4.31. The van der Waals surface area contributed by atoms with E-state index >= 15 is 0 Å². The highest BCUT2D eigenvalue weighted by Gasteiger charge is 2.41.